The highest BCUT2D eigenvalue weighted by Gasteiger charge is 2.60. The Morgan fingerprint density at radius 1 is 0.647 bits per heavy atom. The van der Waals surface area contributed by atoms with E-state index in [2.05, 4.69) is 90.7 Å². The van der Waals surface area contributed by atoms with Crippen LogP contribution in [-0.2, 0) is 22.4 Å². The molecule has 0 amide bonds. The van der Waals surface area contributed by atoms with Crippen molar-refractivity contribution in [2.75, 3.05) is 0 Å². The van der Waals surface area contributed by atoms with Gasteiger partial charge in [-0.05, 0) is 35.1 Å². The van der Waals surface area contributed by atoms with Crippen LogP contribution < -0.4 is 0 Å². The fraction of sp³-hybridized carbons (Fsp3) is 0.692. The molecule has 3 rings (SSSR count). The molecule has 2 N–H and O–H groups in total. The number of rotatable bonds is 6. The third-order valence-corrected chi connectivity index (χ3v) is 18.2. The number of fused-ring (bicyclic) bond motifs is 2. The smallest absolute Gasteiger partial charge is 0.124 e. The van der Waals surface area contributed by atoms with E-state index in [-0.39, 0.29) is 10.8 Å². The predicted octanol–water partition coefficient (Wildman–Crippen LogP) is 5.08. The van der Waals surface area contributed by atoms with E-state index in [1.165, 1.54) is 0 Å². The third kappa shape index (κ3) is 4.16. The van der Waals surface area contributed by atoms with E-state index in [4.69, 9.17) is 0 Å². The zero-order valence-corrected chi connectivity index (χ0v) is 27.4. The summed E-state index contributed by atoms with van der Waals surface area (Å²) in [6, 6.07) is 4.21. The average molecular weight is 535 g/mol. The number of hydrogen-bond acceptors (Lipinski definition) is 4. The van der Waals surface area contributed by atoms with Crippen LogP contribution in [0.4, 0.5) is 0 Å². The summed E-state index contributed by atoms with van der Waals surface area (Å²) in [7, 11) is -8.69. The SMILES string of the molecule is C[Si](C)(C)C(=O)C1c2cc3c(cc2CC1(O)[Si](C)(C)C)CC(O)([Si](C)(C)C)C3C(=O)[Si](C)(C)C. The summed E-state index contributed by atoms with van der Waals surface area (Å²) in [6.07, 6.45) is 0.981. The van der Waals surface area contributed by atoms with Crippen molar-refractivity contribution in [1.82, 2.24) is 0 Å². The maximum Gasteiger partial charge on any atom is 0.124 e. The second kappa shape index (κ2) is 7.92. The van der Waals surface area contributed by atoms with Crippen LogP contribution in [0.15, 0.2) is 12.1 Å². The lowest BCUT2D eigenvalue weighted by Gasteiger charge is -2.42. The van der Waals surface area contributed by atoms with Crippen LogP contribution in [0.1, 0.15) is 34.1 Å². The molecule has 4 atom stereocenters. The molecular formula is C26H46O4Si4. The Bertz CT molecular complexity index is 960. The summed E-state index contributed by atoms with van der Waals surface area (Å²) in [6.45, 7) is 25.3. The van der Waals surface area contributed by atoms with E-state index in [0.717, 1.165) is 22.3 Å². The molecule has 0 heterocycles. The van der Waals surface area contributed by atoms with Crippen molar-refractivity contribution in [2.24, 2.45) is 0 Å². The molecule has 0 aliphatic heterocycles. The van der Waals surface area contributed by atoms with Crippen molar-refractivity contribution in [3.63, 3.8) is 0 Å². The molecular weight excluding hydrogens is 489 g/mol. The van der Waals surface area contributed by atoms with E-state index in [1.54, 1.807) is 0 Å². The molecule has 190 valence electrons. The van der Waals surface area contributed by atoms with Gasteiger partial charge in [0.1, 0.15) is 27.0 Å². The number of carbonyl (C=O) groups excluding carboxylic acids is 2. The van der Waals surface area contributed by atoms with Gasteiger partial charge in [0, 0.05) is 0 Å². The highest BCUT2D eigenvalue weighted by atomic mass is 28.3. The highest BCUT2D eigenvalue weighted by molar-refractivity contribution is 7.05. The van der Waals surface area contributed by atoms with Crippen LogP contribution in [0.5, 0.6) is 0 Å². The molecule has 34 heavy (non-hydrogen) atoms. The van der Waals surface area contributed by atoms with Crippen molar-refractivity contribution in [2.45, 2.75) is 114 Å². The van der Waals surface area contributed by atoms with Gasteiger partial charge in [-0.1, -0.05) is 90.7 Å². The zero-order valence-electron chi connectivity index (χ0n) is 23.4. The molecule has 4 unspecified atom stereocenters. The van der Waals surface area contributed by atoms with Gasteiger partial charge in [-0.15, -0.1) is 0 Å². The van der Waals surface area contributed by atoms with Gasteiger partial charge in [0.15, 0.2) is 0 Å². The molecule has 0 fully saturated rings. The third-order valence-electron chi connectivity index (χ3n) is 8.50. The summed E-state index contributed by atoms with van der Waals surface area (Å²) in [5.74, 6) is -1.07. The van der Waals surface area contributed by atoms with Crippen LogP contribution >= 0.6 is 0 Å². The molecule has 0 saturated carbocycles. The van der Waals surface area contributed by atoms with E-state index in [0.29, 0.717) is 12.8 Å². The molecule has 4 nitrogen and oxygen atoms in total. The van der Waals surface area contributed by atoms with Crippen molar-refractivity contribution in [3.8, 4) is 0 Å². The molecule has 2 aliphatic carbocycles. The average Bonchev–Trinajstić information content (AvgIpc) is 3.06. The van der Waals surface area contributed by atoms with Crippen LogP contribution in [0.3, 0.4) is 0 Å². The van der Waals surface area contributed by atoms with Gasteiger partial charge in [-0.25, -0.2) is 0 Å². The quantitative estimate of drug-likeness (QED) is 0.499. The summed E-state index contributed by atoms with van der Waals surface area (Å²) in [5, 5.41) is 22.6. The fourth-order valence-electron chi connectivity index (χ4n) is 5.85. The molecule has 2 aliphatic rings. The predicted molar refractivity (Wildman–Crippen MR) is 153 cm³/mol. The maximum absolute atomic E-state index is 13.9. The molecule has 0 radical (unpaired) electrons. The van der Waals surface area contributed by atoms with Crippen molar-refractivity contribution in [1.29, 1.82) is 0 Å². The Hall–Kier alpha value is -0.652. The summed E-state index contributed by atoms with van der Waals surface area (Å²) >= 11 is 0. The minimum atomic E-state index is -2.19. The van der Waals surface area contributed by atoms with Gasteiger partial charge >= 0.3 is 0 Å². The zero-order chi connectivity index (χ0) is 26.4. The van der Waals surface area contributed by atoms with Crippen LogP contribution in [-0.4, -0.2) is 63.8 Å². The lowest BCUT2D eigenvalue weighted by Crippen LogP contribution is -2.60. The first-order valence-electron chi connectivity index (χ1n) is 12.7. The maximum atomic E-state index is 13.9. The van der Waals surface area contributed by atoms with Crippen molar-refractivity contribution >= 4 is 43.1 Å². The van der Waals surface area contributed by atoms with Crippen LogP contribution in [0.2, 0.25) is 78.6 Å². The van der Waals surface area contributed by atoms with Gasteiger partial charge in [0.25, 0.3) is 0 Å². The molecule has 0 bridgehead atoms. The minimum Gasteiger partial charge on any atom is -0.392 e. The molecule has 1 aromatic carbocycles. The summed E-state index contributed by atoms with van der Waals surface area (Å²) in [4.78, 5) is 27.7. The van der Waals surface area contributed by atoms with Gasteiger partial charge < -0.3 is 19.8 Å². The number of carbonyl (C=O) groups is 2. The first-order valence-corrected chi connectivity index (χ1v) is 26.7. The number of aliphatic hydroxyl groups is 2. The Balaban J connectivity index is 2.30. The Labute approximate surface area is 210 Å². The molecule has 0 saturated heterocycles. The summed E-state index contributed by atoms with van der Waals surface area (Å²) < 4.78 is 0. The Morgan fingerprint density at radius 3 is 1.18 bits per heavy atom. The fourth-order valence-corrected chi connectivity index (χ4v) is 12.4. The number of hydrogen-bond donors (Lipinski definition) is 2. The monoisotopic (exact) mass is 534 g/mol. The Kier molecular flexibility index (Phi) is 6.51. The Morgan fingerprint density at radius 2 is 0.941 bits per heavy atom. The molecule has 0 spiro atoms. The van der Waals surface area contributed by atoms with Gasteiger partial charge in [0.2, 0.25) is 0 Å². The largest absolute Gasteiger partial charge is 0.392 e. The first kappa shape index (κ1) is 27.9. The number of benzene rings is 1. The highest BCUT2D eigenvalue weighted by Crippen LogP contribution is 2.53. The van der Waals surface area contributed by atoms with Crippen molar-refractivity contribution < 1.29 is 19.8 Å². The van der Waals surface area contributed by atoms with Gasteiger partial charge in [-0.3, -0.25) is 0 Å². The molecule has 1 aromatic rings. The molecule has 0 aromatic heterocycles. The standard InChI is InChI=1S/C26H46O4Si4/c1-31(2,3)23(27)21-19-14-20-18(13-17(19)15-25(21,29)33(7,8)9)16-26(30,34(10,11)12)22(20)24(28)32(4,5)6/h13-14,21-22,29-30H,15-16H2,1-12H3. The summed E-state index contributed by atoms with van der Waals surface area (Å²) in [5.41, 5.74) is 3.92. The second-order valence-electron chi connectivity index (χ2n) is 15.0. The van der Waals surface area contributed by atoms with Gasteiger partial charge in [-0.2, -0.15) is 0 Å². The topological polar surface area (TPSA) is 74.6 Å². The second-order valence-corrected chi connectivity index (χ2v) is 35.8. The van der Waals surface area contributed by atoms with E-state index in [9.17, 15) is 19.8 Å². The minimum absolute atomic E-state index is 0.197. The lowest BCUT2D eigenvalue weighted by molar-refractivity contribution is -0.117. The van der Waals surface area contributed by atoms with Gasteiger partial charge in [0.05, 0.1) is 38.4 Å². The van der Waals surface area contributed by atoms with Crippen molar-refractivity contribution in [3.05, 3.63) is 34.4 Å². The molecule has 8 heteroatoms. The lowest BCUT2D eigenvalue weighted by atomic mass is 9.93. The first-order chi connectivity index (χ1) is 15.0. The normalized spacial score (nSPS) is 29.7. The van der Waals surface area contributed by atoms with E-state index in [1.807, 2.05) is 0 Å². The van der Waals surface area contributed by atoms with E-state index >= 15 is 0 Å². The van der Waals surface area contributed by atoms with Crippen LogP contribution in [0, 0.1) is 0 Å². The van der Waals surface area contributed by atoms with E-state index < -0.39 is 54.6 Å². The van der Waals surface area contributed by atoms with Crippen LogP contribution in [0.25, 0.3) is 0 Å².